The molecular formula is C28H35N3O11S. The molecule has 234 valence electrons. The molecule has 1 aromatic carbocycles. The third kappa shape index (κ3) is 5.14. The van der Waals surface area contributed by atoms with E-state index in [0.717, 1.165) is 0 Å². The second kappa shape index (κ2) is 11.5. The highest BCUT2D eigenvalue weighted by Gasteiger charge is 2.66. The van der Waals surface area contributed by atoms with Crippen LogP contribution in [0.4, 0.5) is 0 Å². The number of Topliss-reactive ketones (excluding diaryl/α,β-unsaturated/α-hetero) is 2. The minimum absolute atomic E-state index is 0.0257. The Balaban J connectivity index is 1.76. The Hall–Kier alpha value is -3.63. The van der Waals surface area contributed by atoms with Crippen LogP contribution in [0.25, 0.3) is 5.76 Å². The Kier molecular flexibility index (Phi) is 8.61. The van der Waals surface area contributed by atoms with Gasteiger partial charge in [0, 0.05) is 40.2 Å². The van der Waals surface area contributed by atoms with Gasteiger partial charge in [-0.3, -0.25) is 33.6 Å². The predicted octanol–water partition coefficient (Wildman–Crippen LogP) is -0.971. The van der Waals surface area contributed by atoms with Gasteiger partial charge >= 0.3 is 5.97 Å². The van der Waals surface area contributed by atoms with Crippen molar-refractivity contribution in [3.8, 4) is 5.75 Å². The van der Waals surface area contributed by atoms with Crippen LogP contribution in [0, 0.1) is 11.8 Å². The molecule has 1 amide bonds. The number of likely N-dealkylation sites (N-methyl/N-ethyl adjacent to an activating group) is 1. The minimum atomic E-state index is -2.88. The molecule has 1 fully saturated rings. The monoisotopic (exact) mass is 621 g/mol. The van der Waals surface area contributed by atoms with E-state index in [1.165, 1.54) is 50.4 Å². The summed E-state index contributed by atoms with van der Waals surface area (Å²) >= 11 is 0. The second-order valence-electron chi connectivity index (χ2n) is 11.4. The van der Waals surface area contributed by atoms with Gasteiger partial charge in [0.2, 0.25) is 5.78 Å². The summed E-state index contributed by atoms with van der Waals surface area (Å²) in [7, 11) is 1.67. The number of aliphatic hydroxyl groups is 4. The molecule has 0 saturated heterocycles. The van der Waals surface area contributed by atoms with Crippen molar-refractivity contribution in [2.45, 2.75) is 43.1 Å². The lowest BCUT2D eigenvalue weighted by atomic mass is 9.54. The van der Waals surface area contributed by atoms with E-state index in [2.05, 4.69) is 10.6 Å². The zero-order valence-corrected chi connectivity index (χ0v) is 24.8. The fourth-order valence-corrected chi connectivity index (χ4v) is 6.99. The third-order valence-electron chi connectivity index (χ3n) is 8.59. The SMILES string of the molecule is CN(C)[C@@H]1C(=O)C(C(=O)NCN[C@@H](CC[S@](C)=O)C(=O)O)=C(O)[C@]2(O)C(=O)C3=C(O)c4c(O)cccc4[C@](C)(O)[C@H]3C[C@@H]12. The maximum Gasteiger partial charge on any atom is 0.320 e. The van der Waals surface area contributed by atoms with E-state index in [4.69, 9.17) is 0 Å². The van der Waals surface area contributed by atoms with E-state index in [9.17, 15) is 54.0 Å². The number of amides is 1. The number of nitrogens with zero attached hydrogens (tertiary/aromatic N) is 1. The number of aliphatic carboxylic acids is 1. The van der Waals surface area contributed by atoms with Gasteiger partial charge in [-0.05, 0) is 45.5 Å². The molecule has 0 heterocycles. The summed E-state index contributed by atoms with van der Waals surface area (Å²) in [5, 5.41) is 70.6. The molecule has 0 radical (unpaired) electrons. The zero-order valence-electron chi connectivity index (χ0n) is 23.9. The van der Waals surface area contributed by atoms with Crippen LogP contribution >= 0.6 is 0 Å². The van der Waals surface area contributed by atoms with E-state index in [1.807, 2.05) is 0 Å². The minimum Gasteiger partial charge on any atom is -0.508 e. The van der Waals surface area contributed by atoms with E-state index in [0.29, 0.717) is 0 Å². The van der Waals surface area contributed by atoms with Crippen molar-refractivity contribution in [2.24, 2.45) is 11.8 Å². The standard InChI is InChI=1S/C28H35N3O11S/c1-27(40)12-6-5-7-16(32)17(12)21(33)18-13(27)10-14-20(31(2)3)22(34)19(24(36)28(14,41)23(18)35)25(37)30-11-29-15(26(38)39)8-9-43(4)42/h5-7,13-15,20,29,32-33,36,40-41H,8-11H2,1-4H3,(H,30,37)(H,38,39)/t13-,14-,15-,20-,27-,28+,43-/m0/s1. The van der Waals surface area contributed by atoms with Crippen molar-refractivity contribution in [2.75, 3.05) is 32.8 Å². The largest absolute Gasteiger partial charge is 0.508 e. The molecule has 0 aliphatic heterocycles. The highest BCUT2D eigenvalue weighted by Crippen LogP contribution is 2.57. The smallest absolute Gasteiger partial charge is 0.320 e. The second-order valence-corrected chi connectivity index (χ2v) is 13.0. The van der Waals surface area contributed by atoms with Gasteiger partial charge in [0.25, 0.3) is 5.91 Å². The van der Waals surface area contributed by atoms with Crippen LogP contribution in [0.1, 0.15) is 30.9 Å². The van der Waals surface area contributed by atoms with E-state index >= 15 is 0 Å². The van der Waals surface area contributed by atoms with Gasteiger partial charge in [0.1, 0.15) is 28.9 Å². The van der Waals surface area contributed by atoms with Crippen molar-refractivity contribution in [1.82, 2.24) is 15.5 Å². The zero-order chi connectivity index (χ0) is 32.2. The number of hydrogen-bond donors (Lipinski definition) is 8. The lowest BCUT2D eigenvalue weighted by Gasteiger charge is -2.53. The first kappa shape index (κ1) is 32.3. The number of aromatic hydroxyl groups is 1. The van der Waals surface area contributed by atoms with Gasteiger partial charge in [-0.25, -0.2) is 0 Å². The molecule has 14 nitrogen and oxygen atoms in total. The van der Waals surface area contributed by atoms with Gasteiger partial charge in [-0.1, -0.05) is 12.1 Å². The summed E-state index contributed by atoms with van der Waals surface area (Å²) < 4.78 is 11.4. The van der Waals surface area contributed by atoms with Gasteiger partial charge in [-0.2, -0.15) is 0 Å². The van der Waals surface area contributed by atoms with Crippen LogP contribution in [0.3, 0.4) is 0 Å². The van der Waals surface area contributed by atoms with Crippen LogP contribution < -0.4 is 10.6 Å². The average molecular weight is 622 g/mol. The number of phenolic OH excluding ortho intramolecular Hbond substituents is 1. The maximum atomic E-state index is 14.1. The quantitative estimate of drug-likeness (QED) is 0.123. The molecule has 1 aromatic rings. The van der Waals surface area contributed by atoms with E-state index < -0.39 is 104 Å². The number of hydrogen-bond acceptors (Lipinski definition) is 12. The summed E-state index contributed by atoms with van der Waals surface area (Å²) in [4.78, 5) is 53.9. The van der Waals surface area contributed by atoms with Gasteiger partial charge in [0.15, 0.2) is 11.4 Å². The Labute approximate surface area is 249 Å². The first-order chi connectivity index (χ1) is 20.0. The van der Waals surface area contributed by atoms with Gasteiger partial charge in [-0.15, -0.1) is 0 Å². The highest BCUT2D eigenvalue weighted by molar-refractivity contribution is 7.84. The van der Waals surface area contributed by atoms with Crippen molar-refractivity contribution >= 4 is 40.0 Å². The van der Waals surface area contributed by atoms with Gasteiger partial charge in [0.05, 0.1) is 23.9 Å². The van der Waals surface area contributed by atoms with Crippen LogP contribution in [-0.2, 0) is 35.6 Å². The maximum absolute atomic E-state index is 14.1. The molecule has 3 aliphatic rings. The fraction of sp³-hybridized carbons (Fsp3) is 0.500. The summed E-state index contributed by atoms with van der Waals surface area (Å²) in [5.74, 6) is -9.51. The number of nitrogens with one attached hydrogen (secondary N) is 2. The molecule has 0 unspecified atom stereocenters. The molecule has 1 saturated carbocycles. The topological polar surface area (TPSA) is 234 Å². The number of aliphatic hydroxyl groups excluding tert-OH is 2. The molecule has 4 rings (SSSR count). The Morgan fingerprint density at radius 3 is 2.40 bits per heavy atom. The highest BCUT2D eigenvalue weighted by atomic mass is 32.2. The molecule has 7 atom stereocenters. The van der Waals surface area contributed by atoms with Crippen LogP contribution in [0.15, 0.2) is 35.1 Å². The number of ketones is 2. The van der Waals surface area contributed by atoms with Crippen molar-refractivity contribution in [1.29, 1.82) is 0 Å². The Morgan fingerprint density at radius 2 is 1.81 bits per heavy atom. The number of carbonyl (C=O) groups is 4. The first-order valence-electron chi connectivity index (χ1n) is 13.4. The number of phenols is 1. The summed E-state index contributed by atoms with van der Waals surface area (Å²) in [6, 6.07) is 1.62. The fourth-order valence-electron chi connectivity index (χ4n) is 6.42. The Bertz CT molecular complexity index is 1480. The first-order valence-corrected chi connectivity index (χ1v) is 15.1. The number of carbonyl (C=O) groups excluding carboxylic acids is 3. The summed E-state index contributed by atoms with van der Waals surface area (Å²) in [5.41, 5.74) is -6.24. The van der Waals surface area contributed by atoms with Crippen molar-refractivity contribution < 1.29 is 54.0 Å². The van der Waals surface area contributed by atoms with Crippen LogP contribution in [0.2, 0.25) is 0 Å². The number of carboxylic acids is 1. The van der Waals surface area contributed by atoms with Crippen molar-refractivity contribution in [3.63, 3.8) is 0 Å². The number of carboxylic acid groups (broad SMARTS) is 1. The summed E-state index contributed by atoms with van der Waals surface area (Å²) in [6.45, 7) is 0.880. The lowest BCUT2D eigenvalue weighted by Crippen LogP contribution is -2.67. The Morgan fingerprint density at radius 1 is 1.16 bits per heavy atom. The molecule has 15 heteroatoms. The molecule has 3 aliphatic carbocycles. The number of fused-ring (bicyclic) bond motifs is 3. The predicted molar refractivity (Wildman–Crippen MR) is 152 cm³/mol. The van der Waals surface area contributed by atoms with Crippen LogP contribution in [-0.4, -0.2) is 114 Å². The van der Waals surface area contributed by atoms with Crippen molar-refractivity contribution in [3.05, 3.63) is 46.2 Å². The normalized spacial score (nSPS) is 30.0. The molecular weight excluding hydrogens is 586 g/mol. The third-order valence-corrected chi connectivity index (χ3v) is 9.40. The molecule has 0 spiro atoms. The number of benzene rings is 1. The van der Waals surface area contributed by atoms with E-state index in [-0.39, 0.29) is 29.7 Å². The molecule has 0 bridgehead atoms. The van der Waals surface area contributed by atoms with Gasteiger partial charge < -0.3 is 36.0 Å². The molecule has 0 aromatic heterocycles. The number of rotatable bonds is 9. The van der Waals surface area contributed by atoms with Crippen LogP contribution in [0.5, 0.6) is 5.75 Å². The summed E-state index contributed by atoms with van der Waals surface area (Å²) in [6.07, 6.45) is 1.10. The van der Waals surface area contributed by atoms with E-state index in [1.54, 1.807) is 0 Å². The molecule has 8 N–H and O–H groups in total. The average Bonchev–Trinajstić information content (AvgIpc) is 2.90. The molecule has 43 heavy (non-hydrogen) atoms. The lowest BCUT2D eigenvalue weighted by molar-refractivity contribution is -0.159.